The van der Waals surface area contributed by atoms with Gasteiger partial charge in [0.05, 0.1) is 0 Å². The lowest BCUT2D eigenvalue weighted by Crippen LogP contribution is -2.19. The van der Waals surface area contributed by atoms with Crippen LogP contribution in [0.4, 0.5) is 0 Å². The number of nitrogens with one attached hydrogen (secondary N) is 1. The Hall–Kier alpha value is -0.480. The van der Waals surface area contributed by atoms with Gasteiger partial charge in [-0.2, -0.15) is 0 Å². The van der Waals surface area contributed by atoms with E-state index in [2.05, 4.69) is 59.4 Å². The lowest BCUT2D eigenvalue weighted by Gasteiger charge is -2.10. The van der Waals surface area contributed by atoms with Crippen molar-refractivity contribution in [1.29, 1.82) is 0 Å². The van der Waals surface area contributed by atoms with Crippen LogP contribution >= 0.6 is 39.3 Å². The molecular formula is C17H19BrClNS. The molecule has 0 aliphatic heterocycles. The molecule has 0 heterocycles. The summed E-state index contributed by atoms with van der Waals surface area (Å²) in [5.74, 6) is 0.648. The smallest absolute Gasteiger partial charge is 0.0462 e. The Morgan fingerprint density at radius 3 is 2.57 bits per heavy atom. The van der Waals surface area contributed by atoms with Crippen LogP contribution in [0.25, 0.3) is 0 Å². The van der Waals surface area contributed by atoms with Crippen molar-refractivity contribution in [1.82, 2.24) is 5.32 Å². The third-order valence-electron chi connectivity index (χ3n) is 2.92. The third-order valence-corrected chi connectivity index (χ3v) is 4.75. The van der Waals surface area contributed by atoms with Crippen molar-refractivity contribution in [2.45, 2.75) is 30.2 Å². The van der Waals surface area contributed by atoms with E-state index in [0.717, 1.165) is 33.0 Å². The SMILES string of the molecule is CC(C)CNCc1ccc(Sc2cccc(Br)c2)cc1Cl. The average Bonchev–Trinajstić information content (AvgIpc) is 2.41. The van der Waals surface area contributed by atoms with Crippen molar-refractivity contribution >= 4 is 39.3 Å². The van der Waals surface area contributed by atoms with Gasteiger partial charge in [0.15, 0.2) is 0 Å². The number of halogens is 2. The van der Waals surface area contributed by atoms with Crippen molar-refractivity contribution in [3.63, 3.8) is 0 Å². The monoisotopic (exact) mass is 383 g/mol. The molecule has 1 nitrogen and oxygen atoms in total. The second-order valence-corrected chi connectivity index (χ2v) is 7.81. The first-order valence-corrected chi connectivity index (χ1v) is 8.96. The van der Waals surface area contributed by atoms with E-state index in [0.29, 0.717) is 5.92 Å². The van der Waals surface area contributed by atoms with Gasteiger partial charge in [-0.1, -0.05) is 65.3 Å². The molecule has 0 bridgehead atoms. The summed E-state index contributed by atoms with van der Waals surface area (Å²) in [4.78, 5) is 2.36. The quantitative estimate of drug-likeness (QED) is 0.655. The van der Waals surface area contributed by atoms with Crippen LogP contribution in [-0.2, 0) is 6.54 Å². The summed E-state index contributed by atoms with van der Waals surface area (Å²) >= 11 is 11.6. The molecule has 4 heteroatoms. The Morgan fingerprint density at radius 1 is 1.14 bits per heavy atom. The Balaban J connectivity index is 2.01. The molecule has 0 spiro atoms. The van der Waals surface area contributed by atoms with Gasteiger partial charge in [-0.05, 0) is 48.4 Å². The highest BCUT2D eigenvalue weighted by Crippen LogP contribution is 2.32. The van der Waals surface area contributed by atoms with Gasteiger partial charge in [-0.25, -0.2) is 0 Å². The van der Waals surface area contributed by atoms with Crippen LogP contribution in [0.1, 0.15) is 19.4 Å². The zero-order chi connectivity index (χ0) is 15.2. The summed E-state index contributed by atoms with van der Waals surface area (Å²) in [7, 11) is 0. The van der Waals surface area contributed by atoms with Crippen LogP contribution in [-0.4, -0.2) is 6.54 Å². The van der Waals surface area contributed by atoms with E-state index in [9.17, 15) is 0 Å². The van der Waals surface area contributed by atoms with Crippen molar-refractivity contribution in [3.05, 3.63) is 57.5 Å². The summed E-state index contributed by atoms with van der Waals surface area (Å²) < 4.78 is 1.09. The van der Waals surface area contributed by atoms with E-state index >= 15 is 0 Å². The Bertz CT molecular complexity index is 601. The Labute approximate surface area is 144 Å². The van der Waals surface area contributed by atoms with Crippen LogP contribution in [0, 0.1) is 5.92 Å². The van der Waals surface area contributed by atoms with Crippen molar-refractivity contribution < 1.29 is 0 Å². The normalized spacial score (nSPS) is 11.1. The van der Waals surface area contributed by atoms with E-state index < -0.39 is 0 Å². The minimum absolute atomic E-state index is 0.648. The van der Waals surface area contributed by atoms with Crippen molar-refractivity contribution in [3.8, 4) is 0 Å². The summed E-state index contributed by atoms with van der Waals surface area (Å²) in [6, 6.07) is 14.6. The van der Waals surface area contributed by atoms with Gasteiger partial charge in [0.2, 0.25) is 0 Å². The zero-order valence-electron chi connectivity index (χ0n) is 12.2. The molecule has 0 aromatic heterocycles. The topological polar surface area (TPSA) is 12.0 Å². The van der Waals surface area contributed by atoms with Gasteiger partial charge in [0.25, 0.3) is 0 Å². The molecule has 0 saturated heterocycles. The highest BCUT2D eigenvalue weighted by Gasteiger charge is 2.04. The Kier molecular flexibility index (Phi) is 6.62. The fraction of sp³-hybridized carbons (Fsp3) is 0.294. The number of rotatable bonds is 6. The molecule has 2 rings (SSSR count). The van der Waals surface area contributed by atoms with Gasteiger partial charge < -0.3 is 5.32 Å². The molecule has 0 aliphatic rings. The fourth-order valence-corrected chi connectivity index (χ4v) is 3.68. The van der Waals surface area contributed by atoms with Crippen LogP contribution in [0.15, 0.2) is 56.7 Å². The summed E-state index contributed by atoms with van der Waals surface area (Å²) in [6.45, 7) is 6.22. The van der Waals surface area contributed by atoms with Crippen LogP contribution in [0.3, 0.4) is 0 Å². The first-order valence-electron chi connectivity index (χ1n) is 6.97. The maximum atomic E-state index is 6.38. The van der Waals surface area contributed by atoms with Gasteiger partial charge in [0, 0.05) is 25.8 Å². The number of hydrogen-bond donors (Lipinski definition) is 1. The maximum Gasteiger partial charge on any atom is 0.0462 e. The molecule has 0 amide bonds. The van der Waals surface area contributed by atoms with Crippen LogP contribution in [0.2, 0.25) is 5.02 Å². The van der Waals surface area contributed by atoms with Gasteiger partial charge in [-0.3, -0.25) is 0 Å². The lowest BCUT2D eigenvalue weighted by atomic mass is 10.2. The molecule has 2 aromatic rings. The Morgan fingerprint density at radius 2 is 1.90 bits per heavy atom. The molecule has 0 radical (unpaired) electrons. The first-order chi connectivity index (χ1) is 10.0. The van der Waals surface area contributed by atoms with E-state index in [1.807, 2.05) is 18.2 Å². The lowest BCUT2D eigenvalue weighted by molar-refractivity contribution is 0.552. The van der Waals surface area contributed by atoms with Crippen molar-refractivity contribution in [2.75, 3.05) is 6.54 Å². The van der Waals surface area contributed by atoms with Crippen LogP contribution < -0.4 is 5.32 Å². The number of hydrogen-bond acceptors (Lipinski definition) is 2. The average molecular weight is 385 g/mol. The molecule has 0 unspecified atom stereocenters. The molecule has 0 saturated carbocycles. The molecule has 2 aromatic carbocycles. The maximum absolute atomic E-state index is 6.38. The molecule has 0 atom stereocenters. The van der Waals surface area contributed by atoms with E-state index in [1.165, 1.54) is 4.90 Å². The standard InChI is InChI=1S/C17H19BrClNS/c1-12(2)10-20-11-13-6-7-16(9-17(13)19)21-15-5-3-4-14(18)8-15/h3-9,12,20H,10-11H2,1-2H3. The molecule has 1 N–H and O–H groups in total. The zero-order valence-corrected chi connectivity index (χ0v) is 15.4. The highest BCUT2D eigenvalue weighted by molar-refractivity contribution is 9.10. The van der Waals surface area contributed by atoms with Gasteiger partial charge in [0.1, 0.15) is 0 Å². The van der Waals surface area contributed by atoms with Crippen molar-refractivity contribution in [2.24, 2.45) is 5.92 Å². The molecule has 21 heavy (non-hydrogen) atoms. The summed E-state index contributed by atoms with van der Waals surface area (Å²) in [5.41, 5.74) is 1.15. The third kappa shape index (κ3) is 5.67. The molecule has 0 fully saturated rings. The second-order valence-electron chi connectivity index (χ2n) is 5.34. The van der Waals surface area contributed by atoms with Crippen LogP contribution in [0.5, 0.6) is 0 Å². The van der Waals surface area contributed by atoms with E-state index in [1.54, 1.807) is 11.8 Å². The van der Waals surface area contributed by atoms with E-state index in [-0.39, 0.29) is 0 Å². The van der Waals surface area contributed by atoms with Gasteiger partial charge >= 0.3 is 0 Å². The minimum atomic E-state index is 0.648. The van der Waals surface area contributed by atoms with E-state index in [4.69, 9.17) is 11.6 Å². The first kappa shape index (κ1) is 16.9. The summed E-state index contributed by atoms with van der Waals surface area (Å²) in [6.07, 6.45) is 0. The minimum Gasteiger partial charge on any atom is -0.312 e. The fourth-order valence-electron chi connectivity index (χ4n) is 1.90. The largest absolute Gasteiger partial charge is 0.312 e. The number of benzene rings is 2. The predicted octanol–water partition coefficient (Wildman–Crippen LogP) is 6.00. The molecule has 112 valence electrons. The molecular weight excluding hydrogens is 366 g/mol. The predicted molar refractivity (Wildman–Crippen MR) is 96.3 cm³/mol. The summed E-state index contributed by atoms with van der Waals surface area (Å²) in [5, 5.41) is 4.25. The highest BCUT2D eigenvalue weighted by atomic mass is 79.9. The second kappa shape index (κ2) is 8.23. The molecule has 0 aliphatic carbocycles. The van der Waals surface area contributed by atoms with Gasteiger partial charge in [-0.15, -0.1) is 0 Å².